The lowest BCUT2D eigenvalue weighted by Crippen LogP contribution is -2.24. The number of anilines is 1. The number of benzene rings is 1. The number of carboxylic acids is 1. The van der Waals surface area contributed by atoms with Gasteiger partial charge in [-0.15, -0.1) is 0 Å². The summed E-state index contributed by atoms with van der Waals surface area (Å²) < 4.78 is 1.09. The summed E-state index contributed by atoms with van der Waals surface area (Å²) in [5.41, 5.74) is 0.131. The van der Waals surface area contributed by atoms with Crippen LogP contribution in [0.3, 0.4) is 0 Å². The highest BCUT2D eigenvalue weighted by molar-refractivity contribution is 5.95. The molecule has 106 valence electrons. The van der Waals surface area contributed by atoms with E-state index in [9.17, 15) is 14.7 Å². The third-order valence-corrected chi connectivity index (χ3v) is 3.03. The van der Waals surface area contributed by atoms with Gasteiger partial charge in [0.15, 0.2) is 0 Å². The average Bonchev–Trinajstić information content (AvgIpc) is 2.48. The Kier molecular flexibility index (Phi) is 4.05. The Labute approximate surface area is 120 Å². The van der Waals surface area contributed by atoms with E-state index >= 15 is 0 Å². The topological polar surface area (TPSA) is 95.1 Å². The summed E-state index contributed by atoms with van der Waals surface area (Å²) in [6.45, 7) is 0.322. The molecule has 2 rings (SSSR count). The van der Waals surface area contributed by atoms with Gasteiger partial charge in [0, 0.05) is 19.8 Å². The number of aryl methyl sites for hydroxylation is 1. The zero-order chi connectivity index (χ0) is 15.4. The maximum Gasteiger partial charge on any atom is 0.339 e. The highest BCUT2D eigenvalue weighted by atomic mass is 16.4. The van der Waals surface area contributed by atoms with Crippen LogP contribution in [-0.4, -0.2) is 15.6 Å². The minimum atomic E-state index is -1.20. The molecule has 0 atom stereocenters. The van der Waals surface area contributed by atoms with E-state index in [-0.39, 0.29) is 16.8 Å². The zero-order valence-corrected chi connectivity index (χ0v) is 11.3. The van der Waals surface area contributed by atoms with Crippen molar-refractivity contribution in [3.8, 4) is 6.07 Å². The van der Waals surface area contributed by atoms with Gasteiger partial charge in [-0.25, -0.2) is 4.79 Å². The first kappa shape index (κ1) is 14.3. The fraction of sp³-hybridized carbons (Fsp3) is 0.133. The molecule has 1 aromatic heterocycles. The molecule has 0 fully saturated rings. The first-order valence-electron chi connectivity index (χ1n) is 6.19. The molecule has 0 aliphatic rings. The van der Waals surface area contributed by atoms with Crippen molar-refractivity contribution in [3.63, 3.8) is 0 Å². The molecule has 0 radical (unpaired) electrons. The maximum atomic E-state index is 11.9. The van der Waals surface area contributed by atoms with Crippen molar-refractivity contribution < 1.29 is 9.90 Å². The van der Waals surface area contributed by atoms with Crippen molar-refractivity contribution in [2.24, 2.45) is 7.05 Å². The van der Waals surface area contributed by atoms with Crippen LogP contribution in [0.4, 0.5) is 5.69 Å². The van der Waals surface area contributed by atoms with Gasteiger partial charge in [0.05, 0.1) is 5.69 Å². The van der Waals surface area contributed by atoms with Crippen molar-refractivity contribution in [2.45, 2.75) is 6.54 Å². The van der Waals surface area contributed by atoms with Gasteiger partial charge < -0.3 is 15.0 Å². The van der Waals surface area contributed by atoms with Crippen molar-refractivity contribution >= 4 is 11.7 Å². The fourth-order valence-electron chi connectivity index (χ4n) is 1.97. The van der Waals surface area contributed by atoms with Gasteiger partial charge in [0.2, 0.25) is 0 Å². The van der Waals surface area contributed by atoms with Crippen molar-refractivity contribution in [2.75, 3.05) is 5.32 Å². The molecule has 0 amide bonds. The number of hydrogen-bond acceptors (Lipinski definition) is 4. The van der Waals surface area contributed by atoms with Crippen molar-refractivity contribution in [3.05, 3.63) is 63.6 Å². The minimum absolute atomic E-state index is 0.0527. The van der Waals surface area contributed by atoms with E-state index in [1.54, 1.807) is 6.07 Å². The number of nitrogens with zero attached hydrogens (tertiary/aromatic N) is 2. The standard InChI is InChI=1S/C15H13N3O3/c1-18-9-12(15(20)21)13(11(7-16)14(18)19)17-8-10-5-3-2-4-6-10/h2-6,9,17H,8H2,1H3,(H,20,21). The Hall–Kier alpha value is -3.07. The molecule has 0 bridgehead atoms. The van der Waals surface area contributed by atoms with E-state index in [0.29, 0.717) is 6.54 Å². The summed E-state index contributed by atoms with van der Waals surface area (Å²) >= 11 is 0. The summed E-state index contributed by atoms with van der Waals surface area (Å²) in [6.07, 6.45) is 1.21. The number of aromatic nitrogens is 1. The zero-order valence-electron chi connectivity index (χ0n) is 11.3. The molecule has 21 heavy (non-hydrogen) atoms. The average molecular weight is 283 g/mol. The van der Waals surface area contributed by atoms with Crippen LogP contribution in [0.2, 0.25) is 0 Å². The molecule has 2 aromatic rings. The monoisotopic (exact) mass is 283 g/mol. The smallest absolute Gasteiger partial charge is 0.339 e. The minimum Gasteiger partial charge on any atom is -0.478 e. The Morgan fingerprint density at radius 2 is 2.05 bits per heavy atom. The molecule has 0 aliphatic heterocycles. The third-order valence-electron chi connectivity index (χ3n) is 3.03. The molecule has 0 spiro atoms. The number of nitriles is 1. The number of carboxylic acid groups (broad SMARTS) is 1. The lowest BCUT2D eigenvalue weighted by molar-refractivity contribution is 0.0697. The molecule has 0 unspecified atom stereocenters. The Morgan fingerprint density at radius 3 is 2.62 bits per heavy atom. The van der Waals surface area contributed by atoms with Gasteiger partial charge in [-0.1, -0.05) is 30.3 Å². The second kappa shape index (κ2) is 5.92. The van der Waals surface area contributed by atoms with Crippen LogP contribution in [0, 0.1) is 11.3 Å². The van der Waals surface area contributed by atoms with E-state index in [4.69, 9.17) is 5.26 Å². The number of nitrogens with one attached hydrogen (secondary N) is 1. The predicted octanol–water partition coefficient (Wildman–Crippen LogP) is 1.57. The van der Waals surface area contributed by atoms with Crippen LogP contribution in [0.25, 0.3) is 0 Å². The molecule has 1 aromatic carbocycles. The summed E-state index contributed by atoms with van der Waals surface area (Å²) in [5.74, 6) is -1.20. The summed E-state index contributed by atoms with van der Waals surface area (Å²) in [4.78, 5) is 23.2. The second-order valence-corrected chi connectivity index (χ2v) is 4.46. The number of pyridine rings is 1. The van der Waals surface area contributed by atoms with E-state index in [2.05, 4.69) is 5.32 Å². The molecule has 6 heteroatoms. The van der Waals surface area contributed by atoms with E-state index in [0.717, 1.165) is 10.1 Å². The molecule has 0 saturated heterocycles. The van der Waals surface area contributed by atoms with Crippen LogP contribution in [0.15, 0.2) is 41.3 Å². The third kappa shape index (κ3) is 2.92. The highest BCUT2D eigenvalue weighted by Crippen LogP contribution is 2.18. The molecular weight excluding hydrogens is 270 g/mol. The Bertz CT molecular complexity index is 773. The predicted molar refractivity (Wildman–Crippen MR) is 77.1 cm³/mol. The van der Waals surface area contributed by atoms with Gasteiger partial charge in [-0.3, -0.25) is 4.79 Å². The van der Waals surface area contributed by atoms with Crippen LogP contribution in [0.5, 0.6) is 0 Å². The highest BCUT2D eigenvalue weighted by Gasteiger charge is 2.18. The van der Waals surface area contributed by atoms with E-state index in [1.165, 1.54) is 13.2 Å². The first-order chi connectivity index (χ1) is 10.0. The molecule has 0 aliphatic carbocycles. The second-order valence-electron chi connectivity index (χ2n) is 4.46. The number of rotatable bonds is 4. The van der Waals surface area contributed by atoms with Crippen LogP contribution in [-0.2, 0) is 13.6 Å². The quantitative estimate of drug-likeness (QED) is 0.888. The van der Waals surface area contributed by atoms with Gasteiger partial charge in [0.1, 0.15) is 17.2 Å². The fourth-order valence-corrected chi connectivity index (χ4v) is 1.97. The van der Waals surface area contributed by atoms with Crippen molar-refractivity contribution in [1.29, 1.82) is 5.26 Å². The lowest BCUT2D eigenvalue weighted by Gasteiger charge is -2.12. The molecular formula is C15H13N3O3. The van der Waals surface area contributed by atoms with E-state index in [1.807, 2.05) is 30.3 Å². The summed E-state index contributed by atoms with van der Waals surface area (Å²) in [7, 11) is 1.41. The Balaban J connectivity index is 2.46. The lowest BCUT2D eigenvalue weighted by atomic mass is 10.1. The first-order valence-corrected chi connectivity index (χ1v) is 6.19. The molecule has 2 N–H and O–H groups in total. The number of hydrogen-bond donors (Lipinski definition) is 2. The van der Waals surface area contributed by atoms with Crippen LogP contribution >= 0.6 is 0 Å². The molecule has 1 heterocycles. The Morgan fingerprint density at radius 1 is 1.38 bits per heavy atom. The summed E-state index contributed by atoms with van der Waals surface area (Å²) in [5, 5.41) is 21.2. The van der Waals surface area contributed by atoms with Gasteiger partial charge in [0.25, 0.3) is 5.56 Å². The van der Waals surface area contributed by atoms with Gasteiger partial charge >= 0.3 is 5.97 Å². The molecule has 0 saturated carbocycles. The largest absolute Gasteiger partial charge is 0.478 e. The number of aromatic carboxylic acids is 1. The van der Waals surface area contributed by atoms with Crippen molar-refractivity contribution in [1.82, 2.24) is 4.57 Å². The SMILES string of the molecule is Cn1cc(C(=O)O)c(NCc2ccccc2)c(C#N)c1=O. The van der Waals surface area contributed by atoms with Crippen LogP contribution in [0.1, 0.15) is 21.5 Å². The normalized spacial score (nSPS) is 9.90. The number of carbonyl (C=O) groups is 1. The van der Waals surface area contributed by atoms with Gasteiger partial charge in [-0.05, 0) is 5.56 Å². The van der Waals surface area contributed by atoms with Crippen LogP contribution < -0.4 is 10.9 Å². The summed E-state index contributed by atoms with van der Waals surface area (Å²) in [6, 6.07) is 11.1. The molecule has 6 nitrogen and oxygen atoms in total. The van der Waals surface area contributed by atoms with E-state index < -0.39 is 11.5 Å². The van der Waals surface area contributed by atoms with Gasteiger partial charge in [-0.2, -0.15) is 5.26 Å². The maximum absolute atomic E-state index is 11.9.